The molecular formula is C14H13N3O3. The van der Waals surface area contributed by atoms with Crippen LogP contribution in [0.15, 0.2) is 30.0 Å². The maximum Gasteiger partial charge on any atom is 0.162 e. The fourth-order valence-corrected chi connectivity index (χ4v) is 1.56. The molecule has 0 atom stereocenters. The molecule has 0 aromatic heterocycles. The Morgan fingerprint density at radius 2 is 2.10 bits per heavy atom. The van der Waals surface area contributed by atoms with E-state index in [1.807, 2.05) is 0 Å². The van der Waals surface area contributed by atoms with Gasteiger partial charge in [-0.1, -0.05) is 0 Å². The first kappa shape index (κ1) is 13.7. The maximum atomic E-state index is 8.64. The van der Waals surface area contributed by atoms with Gasteiger partial charge < -0.3 is 19.5 Å². The largest absolute Gasteiger partial charge is 0.493 e. The van der Waals surface area contributed by atoms with Crippen molar-refractivity contribution in [3.05, 3.63) is 30.0 Å². The number of rotatable bonds is 5. The Bertz CT molecular complexity index is 579. The second-order valence-electron chi connectivity index (χ2n) is 4.07. The summed E-state index contributed by atoms with van der Waals surface area (Å²) in [5.41, 5.74) is 0.693. The smallest absolute Gasteiger partial charge is 0.162 e. The van der Waals surface area contributed by atoms with E-state index in [-0.39, 0.29) is 11.7 Å². The molecule has 6 nitrogen and oxygen atoms in total. The third-order valence-corrected chi connectivity index (χ3v) is 2.69. The van der Waals surface area contributed by atoms with Gasteiger partial charge in [-0.2, -0.15) is 10.5 Å². The van der Waals surface area contributed by atoms with Gasteiger partial charge in [-0.25, -0.2) is 0 Å². The molecule has 2 rings (SSSR count). The summed E-state index contributed by atoms with van der Waals surface area (Å²) in [6, 6.07) is 8.82. The number of hydrogen-bond acceptors (Lipinski definition) is 6. The summed E-state index contributed by atoms with van der Waals surface area (Å²) in [5, 5.41) is 20.2. The Kier molecular flexibility index (Phi) is 4.43. The van der Waals surface area contributed by atoms with Gasteiger partial charge in [0.05, 0.1) is 20.3 Å². The fourth-order valence-electron chi connectivity index (χ4n) is 1.56. The highest BCUT2D eigenvalue weighted by molar-refractivity contribution is 5.57. The molecule has 0 saturated carbocycles. The number of nitrogens with one attached hydrogen (secondary N) is 1. The molecular weight excluding hydrogens is 258 g/mol. The molecule has 1 heterocycles. The van der Waals surface area contributed by atoms with Crippen molar-refractivity contribution in [2.24, 2.45) is 0 Å². The lowest BCUT2D eigenvalue weighted by Crippen LogP contribution is -2.38. The Hall–Kier alpha value is -2.70. The van der Waals surface area contributed by atoms with Crippen LogP contribution in [0.5, 0.6) is 11.5 Å². The molecule has 0 spiro atoms. The lowest BCUT2D eigenvalue weighted by Gasteiger charge is -2.27. The third kappa shape index (κ3) is 3.19. The average molecular weight is 271 g/mol. The number of nitrogens with zero attached hydrogens (tertiary/aromatic N) is 2. The van der Waals surface area contributed by atoms with E-state index >= 15 is 0 Å². The van der Waals surface area contributed by atoms with E-state index in [0.29, 0.717) is 30.4 Å². The highest BCUT2D eigenvalue weighted by Crippen LogP contribution is 2.31. The SMILES string of the molecule is COc1cc(NC=C(C#N)C#N)ccc1OC1COC1. The van der Waals surface area contributed by atoms with Crippen LogP contribution in [0.25, 0.3) is 0 Å². The molecule has 1 aliphatic heterocycles. The van der Waals surface area contributed by atoms with Gasteiger partial charge in [0.2, 0.25) is 0 Å². The third-order valence-electron chi connectivity index (χ3n) is 2.69. The molecule has 1 aromatic rings. The summed E-state index contributed by atoms with van der Waals surface area (Å²) in [6.07, 6.45) is 1.40. The Morgan fingerprint density at radius 1 is 1.35 bits per heavy atom. The number of allylic oxidation sites excluding steroid dienone is 1. The van der Waals surface area contributed by atoms with E-state index in [9.17, 15) is 0 Å². The number of nitriles is 2. The minimum atomic E-state index is -0.00379. The standard InChI is InChI=1S/C14H13N3O3/c1-18-14-4-11(17-7-10(5-15)6-16)2-3-13(14)20-12-8-19-9-12/h2-4,7,12,17H,8-9H2,1H3. The van der Waals surface area contributed by atoms with E-state index in [1.165, 1.54) is 6.20 Å². The normalized spacial score (nSPS) is 13.3. The Labute approximate surface area is 116 Å². The van der Waals surface area contributed by atoms with Gasteiger partial charge in [-0.15, -0.1) is 0 Å². The molecule has 0 unspecified atom stereocenters. The minimum Gasteiger partial charge on any atom is -0.493 e. The maximum absolute atomic E-state index is 8.64. The molecule has 102 valence electrons. The van der Waals surface area contributed by atoms with Crippen LogP contribution in [0.2, 0.25) is 0 Å². The van der Waals surface area contributed by atoms with Crippen LogP contribution in [-0.4, -0.2) is 26.4 Å². The number of benzene rings is 1. The van der Waals surface area contributed by atoms with Gasteiger partial charge in [0.1, 0.15) is 23.8 Å². The second kappa shape index (κ2) is 6.46. The molecule has 1 aromatic carbocycles. The average Bonchev–Trinajstić information content (AvgIpc) is 2.44. The van der Waals surface area contributed by atoms with E-state index in [4.69, 9.17) is 24.7 Å². The van der Waals surface area contributed by atoms with Crippen molar-refractivity contribution < 1.29 is 14.2 Å². The molecule has 0 amide bonds. The Balaban J connectivity index is 2.10. The summed E-state index contributed by atoms with van der Waals surface area (Å²) in [5.74, 6) is 1.21. The van der Waals surface area contributed by atoms with Crippen molar-refractivity contribution >= 4 is 5.69 Å². The van der Waals surface area contributed by atoms with Crippen LogP contribution in [0.1, 0.15) is 0 Å². The first-order chi connectivity index (χ1) is 9.76. The molecule has 0 radical (unpaired) electrons. The summed E-state index contributed by atoms with van der Waals surface area (Å²) >= 11 is 0. The van der Waals surface area contributed by atoms with E-state index in [2.05, 4.69) is 5.32 Å². The van der Waals surface area contributed by atoms with Gasteiger partial charge in [-0.3, -0.25) is 0 Å². The van der Waals surface area contributed by atoms with Crippen molar-refractivity contribution in [2.75, 3.05) is 25.6 Å². The highest BCUT2D eigenvalue weighted by atomic mass is 16.6. The van der Waals surface area contributed by atoms with Gasteiger partial charge in [0.15, 0.2) is 11.5 Å². The lowest BCUT2D eigenvalue weighted by atomic mass is 10.2. The molecule has 0 bridgehead atoms. The van der Waals surface area contributed by atoms with Crippen LogP contribution < -0.4 is 14.8 Å². The number of methoxy groups -OCH3 is 1. The zero-order valence-electron chi connectivity index (χ0n) is 10.9. The second-order valence-corrected chi connectivity index (χ2v) is 4.07. The topological polar surface area (TPSA) is 87.3 Å². The van der Waals surface area contributed by atoms with E-state index in [0.717, 1.165) is 0 Å². The number of hydrogen-bond donors (Lipinski definition) is 1. The summed E-state index contributed by atoms with van der Waals surface area (Å²) in [4.78, 5) is 0. The molecule has 6 heteroatoms. The molecule has 20 heavy (non-hydrogen) atoms. The van der Waals surface area contributed by atoms with Gasteiger partial charge in [0, 0.05) is 18.0 Å². The van der Waals surface area contributed by atoms with E-state index < -0.39 is 0 Å². The fraction of sp³-hybridized carbons (Fsp3) is 0.286. The highest BCUT2D eigenvalue weighted by Gasteiger charge is 2.21. The molecule has 1 fully saturated rings. The minimum absolute atomic E-state index is 0.00379. The van der Waals surface area contributed by atoms with Crippen molar-refractivity contribution in [3.8, 4) is 23.6 Å². The molecule has 0 aliphatic carbocycles. The van der Waals surface area contributed by atoms with Crippen molar-refractivity contribution in [1.82, 2.24) is 0 Å². The van der Waals surface area contributed by atoms with E-state index in [1.54, 1.807) is 37.4 Å². The predicted octanol–water partition coefficient (Wildman–Crippen LogP) is 1.82. The van der Waals surface area contributed by atoms with Crippen molar-refractivity contribution in [1.29, 1.82) is 10.5 Å². The monoisotopic (exact) mass is 271 g/mol. The first-order valence-corrected chi connectivity index (χ1v) is 5.96. The van der Waals surface area contributed by atoms with Crippen LogP contribution >= 0.6 is 0 Å². The number of anilines is 1. The summed E-state index contributed by atoms with van der Waals surface area (Å²) < 4.78 is 16.0. The van der Waals surface area contributed by atoms with Crippen LogP contribution in [0, 0.1) is 22.7 Å². The van der Waals surface area contributed by atoms with Crippen LogP contribution in [-0.2, 0) is 4.74 Å². The predicted molar refractivity (Wildman–Crippen MR) is 71.2 cm³/mol. The summed E-state index contributed by atoms with van der Waals surface area (Å²) in [6.45, 7) is 1.17. The Morgan fingerprint density at radius 3 is 2.65 bits per heavy atom. The molecule has 1 aliphatic rings. The zero-order chi connectivity index (χ0) is 14.4. The zero-order valence-corrected chi connectivity index (χ0v) is 10.9. The summed E-state index contributed by atoms with van der Waals surface area (Å²) in [7, 11) is 1.55. The number of ether oxygens (including phenoxy) is 3. The lowest BCUT2D eigenvalue weighted by molar-refractivity contribution is -0.0803. The van der Waals surface area contributed by atoms with Crippen LogP contribution in [0.4, 0.5) is 5.69 Å². The molecule has 1 saturated heterocycles. The first-order valence-electron chi connectivity index (χ1n) is 5.96. The van der Waals surface area contributed by atoms with Gasteiger partial charge in [-0.05, 0) is 12.1 Å². The quantitative estimate of drug-likeness (QED) is 0.822. The van der Waals surface area contributed by atoms with Gasteiger partial charge >= 0.3 is 0 Å². The van der Waals surface area contributed by atoms with Crippen LogP contribution in [0.3, 0.4) is 0 Å². The van der Waals surface area contributed by atoms with Gasteiger partial charge in [0.25, 0.3) is 0 Å². The molecule has 1 N–H and O–H groups in total. The van der Waals surface area contributed by atoms with Crippen molar-refractivity contribution in [2.45, 2.75) is 6.10 Å². The van der Waals surface area contributed by atoms with Crippen molar-refractivity contribution in [3.63, 3.8) is 0 Å².